The maximum atomic E-state index is 12.2. The summed E-state index contributed by atoms with van der Waals surface area (Å²) in [5.74, 6) is -0.382. The Morgan fingerprint density at radius 2 is 1.73 bits per heavy atom. The summed E-state index contributed by atoms with van der Waals surface area (Å²) in [5.41, 5.74) is 0.950. The van der Waals surface area contributed by atoms with Crippen molar-refractivity contribution in [2.24, 2.45) is 5.92 Å². The van der Waals surface area contributed by atoms with Crippen LogP contribution < -0.4 is 0 Å². The molecule has 0 spiro atoms. The van der Waals surface area contributed by atoms with E-state index in [2.05, 4.69) is 15.9 Å². The highest BCUT2D eigenvalue weighted by Crippen LogP contribution is 2.27. The maximum absolute atomic E-state index is 12.2. The van der Waals surface area contributed by atoms with Gasteiger partial charge in [0.25, 0.3) is 0 Å². The summed E-state index contributed by atoms with van der Waals surface area (Å²) in [6.07, 6.45) is -4.34. The minimum atomic E-state index is -4.08. The lowest BCUT2D eigenvalue weighted by Gasteiger charge is -2.16. The van der Waals surface area contributed by atoms with Gasteiger partial charge >= 0.3 is 6.18 Å². The van der Waals surface area contributed by atoms with Crippen LogP contribution in [-0.2, 0) is 6.42 Å². The van der Waals surface area contributed by atoms with Crippen molar-refractivity contribution >= 4 is 15.9 Å². The first-order valence-electron chi connectivity index (χ1n) is 4.68. The third kappa shape index (κ3) is 5.21. The van der Waals surface area contributed by atoms with Gasteiger partial charge in [0.05, 0.1) is 0 Å². The van der Waals surface area contributed by atoms with Crippen molar-refractivity contribution < 1.29 is 13.2 Å². The largest absolute Gasteiger partial charge is 0.389 e. The molecule has 0 aromatic heterocycles. The van der Waals surface area contributed by atoms with Crippen LogP contribution in [0.25, 0.3) is 0 Å². The van der Waals surface area contributed by atoms with Crippen LogP contribution in [0.3, 0.4) is 0 Å². The Balaban J connectivity index is 2.55. The van der Waals surface area contributed by atoms with Crippen LogP contribution in [-0.4, -0.2) is 11.5 Å². The van der Waals surface area contributed by atoms with Crippen LogP contribution in [0.4, 0.5) is 13.2 Å². The molecule has 1 aromatic carbocycles. The molecule has 0 radical (unpaired) electrons. The Labute approximate surface area is 95.6 Å². The molecule has 4 heteroatoms. The number of hydrogen-bond donors (Lipinski definition) is 0. The fourth-order valence-electron chi connectivity index (χ4n) is 1.46. The fourth-order valence-corrected chi connectivity index (χ4v) is 1.91. The Morgan fingerprint density at radius 3 is 2.20 bits per heavy atom. The first kappa shape index (κ1) is 12.6. The van der Waals surface area contributed by atoms with Gasteiger partial charge in [0.1, 0.15) is 0 Å². The van der Waals surface area contributed by atoms with Crippen LogP contribution >= 0.6 is 15.9 Å². The number of halogens is 4. The summed E-state index contributed by atoms with van der Waals surface area (Å²) in [7, 11) is 0. The number of benzene rings is 1. The van der Waals surface area contributed by atoms with E-state index in [9.17, 15) is 13.2 Å². The zero-order valence-electron chi connectivity index (χ0n) is 8.10. The molecule has 1 rings (SSSR count). The number of rotatable bonds is 4. The molecular formula is C11H12BrF3. The van der Waals surface area contributed by atoms with E-state index >= 15 is 0 Å². The lowest BCUT2D eigenvalue weighted by atomic mass is 9.98. The predicted molar refractivity (Wildman–Crippen MR) is 58.1 cm³/mol. The molecule has 0 nitrogen and oxygen atoms in total. The minimum absolute atomic E-state index is 0.376. The Morgan fingerprint density at radius 1 is 1.13 bits per heavy atom. The highest BCUT2D eigenvalue weighted by molar-refractivity contribution is 9.09. The number of hydrogen-bond acceptors (Lipinski definition) is 0. The third-order valence-electron chi connectivity index (χ3n) is 2.11. The lowest BCUT2D eigenvalue weighted by Crippen LogP contribution is -2.18. The summed E-state index contributed by atoms with van der Waals surface area (Å²) >= 11 is 3.13. The van der Waals surface area contributed by atoms with Crippen LogP contribution in [0.1, 0.15) is 12.0 Å². The van der Waals surface area contributed by atoms with E-state index in [0.29, 0.717) is 11.8 Å². The van der Waals surface area contributed by atoms with E-state index in [0.717, 1.165) is 5.56 Å². The first-order valence-corrected chi connectivity index (χ1v) is 5.80. The van der Waals surface area contributed by atoms with Crippen molar-refractivity contribution in [2.75, 3.05) is 5.33 Å². The highest BCUT2D eigenvalue weighted by atomic mass is 79.9. The standard InChI is InChI=1S/C11H12BrF3/c12-8-10(7-11(13,14)15)6-9-4-2-1-3-5-9/h1-5,10H,6-8H2/t10-/m0/s1. The quantitative estimate of drug-likeness (QED) is 0.726. The summed E-state index contributed by atoms with van der Waals surface area (Å²) in [6.45, 7) is 0. The molecule has 84 valence electrons. The molecule has 0 N–H and O–H groups in total. The zero-order valence-corrected chi connectivity index (χ0v) is 9.68. The Bertz CT molecular complexity index is 282. The molecule has 0 heterocycles. The molecule has 0 saturated carbocycles. The van der Waals surface area contributed by atoms with Crippen molar-refractivity contribution in [3.05, 3.63) is 35.9 Å². The summed E-state index contributed by atoms with van der Waals surface area (Å²) in [4.78, 5) is 0. The van der Waals surface area contributed by atoms with Gasteiger partial charge in [-0.1, -0.05) is 46.3 Å². The number of alkyl halides is 4. The molecule has 0 aliphatic rings. The second-order valence-electron chi connectivity index (χ2n) is 3.53. The van der Waals surface area contributed by atoms with Gasteiger partial charge in [-0.05, 0) is 17.9 Å². The zero-order chi connectivity index (χ0) is 11.3. The molecule has 0 aliphatic heterocycles. The van der Waals surface area contributed by atoms with Gasteiger partial charge in [-0.25, -0.2) is 0 Å². The van der Waals surface area contributed by atoms with Gasteiger partial charge in [0.2, 0.25) is 0 Å². The van der Waals surface area contributed by atoms with Crippen molar-refractivity contribution in [1.82, 2.24) is 0 Å². The first-order chi connectivity index (χ1) is 7.01. The minimum Gasteiger partial charge on any atom is -0.171 e. The summed E-state index contributed by atoms with van der Waals surface area (Å²) in [6, 6.07) is 9.25. The molecule has 0 bridgehead atoms. The average Bonchev–Trinajstić information content (AvgIpc) is 2.16. The van der Waals surface area contributed by atoms with E-state index < -0.39 is 12.6 Å². The van der Waals surface area contributed by atoms with Crippen molar-refractivity contribution in [3.8, 4) is 0 Å². The van der Waals surface area contributed by atoms with Gasteiger partial charge < -0.3 is 0 Å². The summed E-state index contributed by atoms with van der Waals surface area (Å²) < 4.78 is 36.5. The van der Waals surface area contributed by atoms with Gasteiger partial charge in [0.15, 0.2) is 0 Å². The topological polar surface area (TPSA) is 0 Å². The lowest BCUT2D eigenvalue weighted by molar-refractivity contribution is -0.142. The Kier molecular flexibility index (Phi) is 4.64. The van der Waals surface area contributed by atoms with Crippen molar-refractivity contribution in [3.63, 3.8) is 0 Å². The monoisotopic (exact) mass is 280 g/mol. The molecule has 15 heavy (non-hydrogen) atoms. The van der Waals surface area contributed by atoms with Gasteiger partial charge in [0, 0.05) is 11.8 Å². The second-order valence-corrected chi connectivity index (χ2v) is 4.18. The van der Waals surface area contributed by atoms with E-state index in [1.807, 2.05) is 30.3 Å². The smallest absolute Gasteiger partial charge is 0.171 e. The van der Waals surface area contributed by atoms with Gasteiger partial charge in [-0.2, -0.15) is 13.2 Å². The van der Waals surface area contributed by atoms with Gasteiger partial charge in [-0.3, -0.25) is 0 Å². The van der Waals surface area contributed by atoms with Crippen molar-refractivity contribution in [1.29, 1.82) is 0 Å². The van der Waals surface area contributed by atoms with E-state index in [1.54, 1.807) is 0 Å². The fraction of sp³-hybridized carbons (Fsp3) is 0.455. The average molecular weight is 281 g/mol. The third-order valence-corrected chi connectivity index (χ3v) is 3.02. The molecular weight excluding hydrogens is 269 g/mol. The van der Waals surface area contributed by atoms with Crippen LogP contribution in [0.5, 0.6) is 0 Å². The summed E-state index contributed by atoms with van der Waals surface area (Å²) in [5, 5.41) is 0.376. The normalized spacial score (nSPS) is 13.9. The highest BCUT2D eigenvalue weighted by Gasteiger charge is 2.31. The van der Waals surface area contributed by atoms with E-state index in [-0.39, 0.29) is 5.92 Å². The SMILES string of the molecule is FC(F)(F)C[C@@H](CBr)Cc1ccccc1. The second kappa shape index (κ2) is 5.54. The molecule has 0 fully saturated rings. The van der Waals surface area contributed by atoms with Crippen LogP contribution in [0.15, 0.2) is 30.3 Å². The molecule has 0 aliphatic carbocycles. The molecule has 1 aromatic rings. The predicted octanol–water partition coefficient (Wildman–Crippen LogP) is 4.19. The molecule has 1 atom stereocenters. The molecule has 0 amide bonds. The Hall–Kier alpha value is -0.510. The van der Waals surface area contributed by atoms with Crippen LogP contribution in [0, 0.1) is 5.92 Å². The van der Waals surface area contributed by atoms with Gasteiger partial charge in [-0.15, -0.1) is 0 Å². The van der Waals surface area contributed by atoms with E-state index in [4.69, 9.17) is 0 Å². The van der Waals surface area contributed by atoms with Crippen LogP contribution in [0.2, 0.25) is 0 Å². The maximum Gasteiger partial charge on any atom is 0.389 e. The van der Waals surface area contributed by atoms with Crippen molar-refractivity contribution in [2.45, 2.75) is 19.0 Å². The molecule has 0 unspecified atom stereocenters. The van der Waals surface area contributed by atoms with E-state index in [1.165, 1.54) is 0 Å². The molecule has 0 saturated heterocycles.